The molecule has 3 nitrogen and oxygen atoms in total. The molecule has 1 atom stereocenters. The minimum Gasteiger partial charge on any atom is -0.497 e. The second kappa shape index (κ2) is 6.48. The van der Waals surface area contributed by atoms with Crippen LogP contribution in [0.25, 0.3) is 0 Å². The highest BCUT2D eigenvalue weighted by atomic mass is 32.2. The van der Waals surface area contributed by atoms with Gasteiger partial charge in [-0.05, 0) is 42.7 Å². The summed E-state index contributed by atoms with van der Waals surface area (Å²) in [6.45, 7) is 1.97. The fourth-order valence-electron chi connectivity index (χ4n) is 1.70. The van der Waals surface area contributed by atoms with E-state index in [1.807, 2.05) is 43.3 Å². The second-order valence-corrected chi connectivity index (χ2v) is 5.84. The van der Waals surface area contributed by atoms with Gasteiger partial charge in [0, 0.05) is 11.9 Å². The first-order valence-corrected chi connectivity index (χ1v) is 7.45. The van der Waals surface area contributed by atoms with E-state index in [-0.39, 0.29) is 0 Å². The van der Waals surface area contributed by atoms with Crippen molar-refractivity contribution in [1.29, 1.82) is 0 Å². The molecule has 2 aromatic rings. The van der Waals surface area contributed by atoms with Crippen molar-refractivity contribution < 1.29 is 8.95 Å². The lowest BCUT2D eigenvalue weighted by Gasteiger charge is -2.04. The van der Waals surface area contributed by atoms with Crippen molar-refractivity contribution in [2.75, 3.05) is 12.9 Å². The molecule has 4 heteroatoms. The summed E-state index contributed by atoms with van der Waals surface area (Å²) in [5.41, 5.74) is 2.23. The summed E-state index contributed by atoms with van der Waals surface area (Å²) >= 11 is 0. The van der Waals surface area contributed by atoms with Gasteiger partial charge in [-0.2, -0.15) is 0 Å². The zero-order valence-electron chi connectivity index (χ0n) is 11.1. The predicted octanol–water partition coefficient (Wildman–Crippen LogP) is 2.75. The van der Waals surface area contributed by atoms with Crippen molar-refractivity contribution in [2.45, 2.75) is 18.4 Å². The Bertz CT molecular complexity index is 549. The lowest BCUT2D eigenvalue weighted by Crippen LogP contribution is -2.03. The monoisotopic (exact) mass is 275 g/mol. The van der Waals surface area contributed by atoms with Gasteiger partial charge in [-0.1, -0.05) is 18.2 Å². The number of ether oxygens (including phenoxy) is 1. The van der Waals surface area contributed by atoms with Gasteiger partial charge in [0.25, 0.3) is 0 Å². The number of rotatable bonds is 5. The van der Waals surface area contributed by atoms with Crippen LogP contribution >= 0.6 is 0 Å². The van der Waals surface area contributed by atoms with Gasteiger partial charge in [0.2, 0.25) is 0 Å². The molecule has 0 spiro atoms. The van der Waals surface area contributed by atoms with Crippen LogP contribution in [0.1, 0.15) is 11.1 Å². The summed E-state index contributed by atoms with van der Waals surface area (Å²) in [5.74, 6) is 1.42. The van der Waals surface area contributed by atoms with Crippen LogP contribution in [0.5, 0.6) is 5.75 Å². The maximum Gasteiger partial charge on any atom is 0.127 e. The average Bonchev–Trinajstić information content (AvgIpc) is 2.46. The molecule has 1 heterocycles. The van der Waals surface area contributed by atoms with Crippen LogP contribution in [0.4, 0.5) is 0 Å². The van der Waals surface area contributed by atoms with E-state index in [0.717, 1.165) is 23.3 Å². The SMILES string of the molecule is COc1ccc(CCS(=O)c2ccc(C)cn2)cc1. The molecule has 100 valence electrons. The Kier molecular flexibility index (Phi) is 4.68. The third kappa shape index (κ3) is 3.89. The number of aryl methyl sites for hydroxylation is 2. The van der Waals surface area contributed by atoms with E-state index in [1.165, 1.54) is 0 Å². The van der Waals surface area contributed by atoms with E-state index in [0.29, 0.717) is 10.8 Å². The van der Waals surface area contributed by atoms with Crippen molar-refractivity contribution >= 4 is 10.8 Å². The Morgan fingerprint density at radius 3 is 2.47 bits per heavy atom. The molecule has 0 bridgehead atoms. The molecular formula is C15H17NO2S. The lowest BCUT2D eigenvalue weighted by atomic mass is 10.2. The largest absolute Gasteiger partial charge is 0.497 e. The minimum atomic E-state index is -1.04. The zero-order valence-corrected chi connectivity index (χ0v) is 11.9. The molecule has 0 saturated carbocycles. The van der Waals surface area contributed by atoms with Crippen LogP contribution in [-0.4, -0.2) is 22.1 Å². The highest BCUT2D eigenvalue weighted by Gasteiger charge is 2.05. The highest BCUT2D eigenvalue weighted by molar-refractivity contribution is 7.84. The fourth-order valence-corrected chi connectivity index (χ4v) is 2.72. The molecule has 0 radical (unpaired) electrons. The Morgan fingerprint density at radius 2 is 1.89 bits per heavy atom. The number of pyridine rings is 1. The summed E-state index contributed by atoms with van der Waals surface area (Å²) in [5, 5.41) is 0.652. The molecule has 0 fully saturated rings. The third-order valence-electron chi connectivity index (χ3n) is 2.85. The number of aromatic nitrogens is 1. The second-order valence-electron chi connectivity index (χ2n) is 4.32. The van der Waals surface area contributed by atoms with Gasteiger partial charge < -0.3 is 4.74 Å². The first kappa shape index (κ1) is 13.7. The summed E-state index contributed by atoms with van der Waals surface area (Å²) in [6.07, 6.45) is 2.52. The van der Waals surface area contributed by atoms with E-state index in [4.69, 9.17) is 4.74 Å². The van der Waals surface area contributed by atoms with Crippen LogP contribution in [0, 0.1) is 6.92 Å². The van der Waals surface area contributed by atoms with Crippen LogP contribution in [0.3, 0.4) is 0 Å². The summed E-state index contributed by atoms with van der Waals surface area (Å²) < 4.78 is 17.2. The van der Waals surface area contributed by atoms with Crippen LogP contribution in [0.15, 0.2) is 47.6 Å². The summed E-state index contributed by atoms with van der Waals surface area (Å²) in [7, 11) is 0.604. The average molecular weight is 275 g/mol. The number of nitrogens with zero attached hydrogens (tertiary/aromatic N) is 1. The van der Waals surface area contributed by atoms with Gasteiger partial charge in [0.15, 0.2) is 0 Å². The van der Waals surface area contributed by atoms with Crippen molar-refractivity contribution in [1.82, 2.24) is 4.98 Å². The van der Waals surface area contributed by atoms with Crippen LogP contribution in [-0.2, 0) is 17.2 Å². The molecule has 0 aliphatic carbocycles. The molecule has 1 aromatic heterocycles. The molecule has 19 heavy (non-hydrogen) atoms. The van der Waals surface area contributed by atoms with Gasteiger partial charge in [-0.3, -0.25) is 4.21 Å². The molecule has 2 rings (SSSR count). The molecule has 0 aliphatic rings. The van der Waals surface area contributed by atoms with E-state index in [1.54, 1.807) is 13.3 Å². The number of benzene rings is 1. The Morgan fingerprint density at radius 1 is 1.16 bits per heavy atom. The number of hydrogen-bond acceptors (Lipinski definition) is 3. The van der Waals surface area contributed by atoms with Crippen molar-refractivity contribution in [3.8, 4) is 5.75 Å². The van der Waals surface area contributed by atoms with Crippen molar-refractivity contribution in [3.05, 3.63) is 53.7 Å². The zero-order chi connectivity index (χ0) is 13.7. The summed E-state index contributed by atoms with van der Waals surface area (Å²) in [6, 6.07) is 11.6. The predicted molar refractivity (Wildman–Crippen MR) is 76.9 cm³/mol. The maximum atomic E-state index is 12.1. The molecule has 0 saturated heterocycles. The molecule has 1 aromatic carbocycles. The number of hydrogen-bond donors (Lipinski definition) is 0. The number of methoxy groups -OCH3 is 1. The Hall–Kier alpha value is -1.68. The summed E-state index contributed by atoms with van der Waals surface area (Å²) in [4.78, 5) is 4.20. The Labute approximate surface area is 116 Å². The quantitative estimate of drug-likeness (QED) is 0.842. The van der Waals surface area contributed by atoms with E-state index < -0.39 is 10.8 Å². The maximum absolute atomic E-state index is 12.1. The van der Waals surface area contributed by atoms with Crippen LogP contribution in [0.2, 0.25) is 0 Å². The molecule has 0 amide bonds. The normalized spacial score (nSPS) is 12.1. The molecular weight excluding hydrogens is 258 g/mol. The van der Waals surface area contributed by atoms with Gasteiger partial charge in [0.1, 0.15) is 10.8 Å². The van der Waals surface area contributed by atoms with Gasteiger partial charge >= 0.3 is 0 Å². The minimum absolute atomic E-state index is 0.586. The van der Waals surface area contributed by atoms with Gasteiger partial charge in [0.05, 0.1) is 17.9 Å². The fraction of sp³-hybridized carbons (Fsp3) is 0.267. The topological polar surface area (TPSA) is 39.2 Å². The van der Waals surface area contributed by atoms with Crippen molar-refractivity contribution in [2.24, 2.45) is 0 Å². The van der Waals surface area contributed by atoms with E-state index in [9.17, 15) is 4.21 Å². The molecule has 0 aliphatic heterocycles. The van der Waals surface area contributed by atoms with E-state index in [2.05, 4.69) is 4.98 Å². The molecule has 1 unspecified atom stereocenters. The van der Waals surface area contributed by atoms with Crippen molar-refractivity contribution in [3.63, 3.8) is 0 Å². The standard InChI is InChI=1S/C15H17NO2S/c1-12-3-8-15(16-11-12)19(17)10-9-13-4-6-14(18-2)7-5-13/h3-8,11H,9-10H2,1-2H3. The van der Waals surface area contributed by atoms with Crippen LogP contribution < -0.4 is 4.74 Å². The smallest absolute Gasteiger partial charge is 0.127 e. The highest BCUT2D eigenvalue weighted by Crippen LogP contribution is 2.13. The third-order valence-corrected chi connectivity index (χ3v) is 4.14. The first-order chi connectivity index (χ1) is 9.19. The van der Waals surface area contributed by atoms with Gasteiger partial charge in [-0.15, -0.1) is 0 Å². The van der Waals surface area contributed by atoms with Gasteiger partial charge in [-0.25, -0.2) is 4.98 Å². The Balaban J connectivity index is 1.94. The van der Waals surface area contributed by atoms with E-state index >= 15 is 0 Å². The first-order valence-electron chi connectivity index (χ1n) is 6.13. The lowest BCUT2D eigenvalue weighted by molar-refractivity contribution is 0.414. The molecule has 0 N–H and O–H groups in total.